The largest absolute Gasteiger partial charge is 0.496 e. The van der Waals surface area contributed by atoms with E-state index in [1.165, 1.54) is 13.2 Å². The lowest BCUT2D eigenvalue weighted by Gasteiger charge is -2.18. The molecule has 0 aromatic heterocycles. The summed E-state index contributed by atoms with van der Waals surface area (Å²) in [5, 5.41) is 0.410. The zero-order valence-electron chi connectivity index (χ0n) is 14.2. The van der Waals surface area contributed by atoms with Crippen molar-refractivity contribution in [2.45, 2.75) is 25.7 Å². The first kappa shape index (κ1) is 18.4. The molecule has 0 aliphatic heterocycles. The number of aryl methyl sites for hydroxylation is 1. The molecule has 1 N–H and O–H groups in total. The molecule has 7 heteroatoms. The van der Waals surface area contributed by atoms with E-state index < -0.39 is 10.0 Å². The Morgan fingerprint density at radius 3 is 2.17 bits per heavy atom. The van der Waals surface area contributed by atoms with Crippen molar-refractivity contribution in [3.8, 4) is 11.5 Å². The van der Waals surface area contributed by atoms with Crippen LogP contribution in [0.4, 0.5) is 5.69 Å². The molecule has 2 rings (SSSR count). The number of sulfonamides is 1. The zero-order chi connectivity index (χ0) is 18.1. The first-order valence-electron chi connectivity index (χ1n) is 7.22. The predicted molar refractivity (Wildman–Crippen MR) is 96.0 cm³/mol. The lowest BCUT2D eigenvalue weighted by molar-refractivity contribution is 0.410. The highest BCUT2D eigenvalue weighted by molar-refractivity contribution is 7.92. The van der Waals surface area contributed by atoms with Gasteiger partial charge < -0.3 is 9.47 Å². The van der Waals surface area contributed by atoms with Crippen LogP contribution in [-0.2, 0) is 10.0 Å². The third-order valence-corrected chi connectivity index (χ3v) is 5.76. The van der Waals surface area contributed by atoms with Crippen LogP contribution >= 0.6 is 11.6 Å². The lowest BCUT2D eigenvalue weighted by Crippen LogP contribution is -2.17. The monoisotopic (exact) mass is 369 g/mol. The van der Waals surface area contributed by atoms with Crippen molar-refractivity contribution >= 4 is 27.3 Å². The van der Waals surface area contributed by atoms with E-state index in [-0.39, 0.29) is 10.6 Å². The van der Waals surface area contributed by atoms with Gasteiger partial charge in [-0.3, -0.25) is 4.72 Å². The van der Waals surface area contributed by atoms with Gasteiger partial charge in [0.2, 0.25) is 0 Å². The number of hydrogen-bond donors (Lipinski definition) is 1. The number of halogens is 1. The van der Waals surface area contributed by atoms with Crippen molar-refractivity contribution in [1.29, 1.82) is 0 Å². The average molecular weight is 370 g/mol. The van der Waals surface area contributed by atoms with E-state index in [2.05, 4.69) is 4.72 Å². The fourth-order valence-electron chi connectivity index (χ4n) is 2.60. The molecule has 0 aliphatic rings. The van der Waals surface area contributed by atoms with Crippen molar-refractivity contribution in [3.63, 3.8) is 0 Å². The summed E-state index contributed by atoms with van der Waals surface area (Å²) < 4.78 is 38.9. The van der Waals surface area contributed by atoms with Crippen LogP contribution in [0.3, 0.4) is 0 Å². The number of hydrogen-bond acceptors (Lipinski definition) is 4. The zero-order valence-corrected chi connectivity index (χ0v) is 15.8. The number of rotatable bonds is 5. The molecule has 0 atom stereocenters. The molecule has 2 aromatic carbocycles. The summed E-state index contributed by atoms with van der Waals surface area (Å²) in [5.74, 6) is 1.05. The summed E-state index contributed by atoms with van der Waals surface area (Å²) in [6.07, 6.45) is 0. The summed E-state index contributed by atoms with van der Waals surface area (Å²) in [6.45, 7) is 5.32. The Morgan fingerprint density at radius 2 is 1.58 bits per heavy atom. The minimum Gasteiger partial charge on any atom is -0.496 e. The van der Waals surface area contributed by atoms with E-state index in [9.17, 15) is 8.42 Å². The second-order valence-corrected chi connectivity index (χ2v) is 7.48. The van der Waals surface area contributed by atoms with Gasteiger partial charge in [0.1, 0.15) is 11.5 Å². The molecule has 24 heavy (non-hydrogen) atoms. The molecule has 0 heterocycles. The summed E-state index contributed by atoms with van der Waals surface area (Å²) >= 11 is 5.97. The van der Waals surface area contributed by atoms with Gasteiger partial charge in [-0.15, -0.1) is 0 Å². The minimum atomic E-state index is -3.82. The summed E-state index contributed by atoms with van der Waals surface area (Å²) in [6, 6.07) is 6.47. The van der Waals surface area contributed by atoms with Gasteiger partial charge in [0.05, 0.1) is 24.8 Å². The molecular formula is C17H20ClNO4S. The standard InChI is InChI=1S/C17H20ClNO4S/c1-10-8-16(23-5)11(2)12(3)17(10)24(20,21)19-14-9-13(18)6-7-15(14)22-4/h6-9,19H,1-5H3. The molecule has 2 aromatic rings. The van der Waals surface area contributed by atoms with Crippen LogP contribution in [0.2, 0.25) is 5.02 Å². The smallest absolute Gasteiger partial charge is 0.262 e. The van der Waals surface area contributed by atoms with Gasteiger partial charge in [0, 0.05) is 5.02 Å². The van der Waals surface area contributed by atoms with Crippen molar-refractivity contribution in [2.24, 2.45) is 0 Å². The van der Waals surface area contributed by atoms with Crippen LogP contribution in [0.25, 0.3) is 0 Å². The molecule has 130 valence electrons. The first-order valence-corrected chi connectivity index (χ1v) is 9.08. The minimum absolute atomic E-state index is 0.225. The fourth-order valence-corrected chi connectivity index (χ4v) is 4.36. The van der Waals surface area contributed by atoms with Gasteiger partial charge in [-0.25, -0.2) is 8.42 Å². The molecule has 0 spiro atoms. The summed E-state index contributed by atoms with van der Waals surface area (Å²) in [4.78, 5) is 0.225. The molecule has 0 fully saturated rings. The highest BCUT2D eigenvalue weighted by atomic mass is 35.5. The quantitative estimate of drug-likeness (QED) is 0.862. The molecule has 0 unspecified atom stereocenters. The van der Waals surface area contributed by atoms with E-state index in [0.717, 1.165) is 5.56 Å². The predicted octanol–water partition coefficient (Wildman–Crippen LogP) is 4.08. The molecular weight excluding hydrogens is 350 g/mol. The third kappa shape index (κ3) is 3.44. The molecule has 5 nitrogen and oxygen atoms in total. The second kappa shape index (κ2) is 6.91. The van der Waals surface area contributed by atoms with E-state index in [1.807, 2.05) is 6.92 Å². The molecule has 0 aliphatic carbocycles. The number of anilines is 1. The number of nitrogens with one attached hydrogen (secondary N) is 1. The van der Waals surface area contributed by atoms with E-state index in [4.69, 9.17) is 21.1 Å². The number of methoxy groups -OCH3 is 2. The second-order valence-electron chi connectivity index (χ2n) is 5.42. The lowest BCUT2D eigenvalue weighted by atomic mass is 10.1. The maximum atomic E-state index is 12.9. The van der Waals surface area contributed by atoms with Gasteiger partial charge in [0.15, 0.2) is 0 Å². The van der Waals surface area contributed by atoms with Crippen LogP contribution in [0.15, 0.2) is 29.2 Å². The summed E-state index contributed by atoms with van der Waals surface area (Å²) in [7, 11) is -0.788. The van der Waals surface area contributed by atoms with Gasteiger partial charge in [-0.05, 0) is 61.7 Å². The van der Waals surface area contributed by atoms with Crippen molar-refractivity contribution in [3.05, 3.63) is 46.0 Å². The molecule has 0 saturated heterocycles. The van der Waals surface area contributed by atoms with Crippen LogP contribution in [0, 0.1) is 20.8 Å². The Kier molecular flexibility index (Phi) is 5.30. The van der Waals surface area contributed by atoms with Crippen LogP contribution in [0.5, 0.6) is 11.5 Å². The third-order valence-electron chi connectivity index (χ3n) is 3.87. The topological polar surface area (TPSA) is 64.6 Å². The fraction of sp³-hybridized carbons (Fsp3) is 0.294. The van der Waals surface area contributed by atoms with E-state index in [1.54, 1.807) is 39.2 Å². The Bertz CT molecular complexity index is 879. The Labute approximate surface area is 147 Å². The average Bonchev–Trinajstić information content (AvgIpc) is 2.50. The van der Waals surface area contributed by atoms with Crippen LogP contribution in [0.1, 0.15) is 16.7 Å². The van der Waals surface area contributed by atoms with Crippen molar-refractivity contribution in [2.75, 3.05) is 18.9 Å². The maximum Gasteiger partial charge on any atom is 0.262 e. The number of ether oxygens (including phenoxy) is 2. The van der Waals surface area contributed by atoms with Crippen molar-refractivity contribution < 1.29 is 17.9 Å². The van der Waals surface area contributed by atoms with Gasteiger partial charge >= 0.3 is 0 Å². The highest BCUT2D eigenvalue weighted by Crippen LogP contribution is 2.34. The summed E-state index contributed by atoms with van der Waals surface area (Å²) in [5.41, 5.74) is 2.31. The molecule has 0 radical (unpaired) electrons. The highest BCUT2D eigenvalue weighted by Gasteiger charge is 2.24. The van der Waals surface area contributed by atoms with Crippen molar-refractivity contribution in [1.82, 2.24) is 0 Å². The maximum absolute atomic E-state index is 12.9. The number of benzene rings is 2. The molecule has 0 saturated carbocycles. The van der Waals surface area contributed by atoms with Crippen LogP contribution < -0.4 is 14.2 Å². The van der Waals surface area contributed by atoms with E-state index in [0.29, 0.717) is 27.6 Å². The molecule has 0 amide bonds. The Hall–Kier alpha value is -1.92. The van der Waals surface area contributed by atoms with Gasteiger partial charge in [-0.1, -0.05) is 11.6 Å². The molecule has 0 bridgehead atoms. The SMILES string of the molecule is COc1ccc(Cl)cc1NS(=O)(=O)c1c(C)cc(OC)c(C)c1C. The normalized spacial score (nSPS) is 11.2. The first-order chi connectivity index (χ1) is 11.2. The van der Waals surface area contributed by atoms with Crippen LogP contribution in [-0.4, -0.2) is 22.6 Å². The Morgan fingerprint density at radius 1 is 0.958 bits per heavy atom. The Balaban J connectivity index is 2.57. The van der Waals surface area contributed by atoms with E-state index >= 15 is 0 Å². The van der Waals surface area contributed by atoms with Gasteiger partial charge in [0.25, 0.3) is 10.0 Å². The van der Waals surface area contributed by atoms with Gasteiger partial charge in [-0.2, -0.15) is 0 Å².